The largest absolute Gasteiger partial charge is 0.497 e. The summed E-state index contributed by atoms with van der Waals surface area (Å²) in [6.07, 6.45) is 1.43. The third-order valence-electron chi connectivity index (χ3n) is 5.57. The molecule has 4 aromatic rings. The van der Waals surface area contributed by atoms with Crippen molar-refractivity contribution >= 4 is 11.6 Å². The van der Waals surface area contributed by atoms with Crippen molar-refractivity contribution in [3.63, 3.8) is 0 Å². The summed E-state index contributed by atoms with van der Waals surface area (Å²) in [7, 11) is 1.62. The number of amides is 1. The monoisotopic (exact) mass is 487 g/mol. The minimum atomic E-state index is -0.0845. The van der Waals surface area contributed by atoms with Gasteiger partial charge in [0, 0.05) is 30.2 Å². The highest BCUT2D eigenvalue weighted by atomic mass is 16.7. The number of nitrogens with one attached hydrogen (secondary N) is 1. The van der Waals surface area contributed by atoms with Gasteiger partial charge in [-0.15, -0.1) is 0 Å². The maximum Gasteiger partial charge on any atom is 0.231 e. The molecule has 0 aliphatic carbocycles. The lowest BCUT2D eigenvalue weighted by molar-refractivity contribution is -0.116. The van der Waals surface area contributed by atoms with E-state index in [1.807, 2.05) is 60.7 Å². The zero-order valence-electron chi connectivity index (χ0n) is 19.7. The first-order chi connectivity index (χ1) is 17.7. The summed E-state index contributed by atoms with van der Waals surface area (Å²) in [6.45, 7) is 0.581. The SMILES string of the molecule is COc1ccc(-c2noc(CCCC(=O)Nc3cccc(COc4ccc5c(c4)OCO5)c3)n2)cc1. The van der Waals surface area contributed by atoms with E-state index < -0.39 is 0 Å². The first-order valence-corrected chi connectivity index (χ1v) is 11.5. The number of rotatable bonds is 10. The molecule has 0 bridgehead atoms. The first-order valence-electron chi connectivity index (χ1n) is 11.5. The van der Waals surface area contributed by atoms with E-state index in [0.29, 0.717) is 60.5 Å². The van der Waals surface area contributed by atoms with E-state index in [1.165, 1.54) is 0 Å². The van der Waals surface area contributed by atoms with E-state index in [0.717, 1.165) is 16.9 Å². The van der Waals surface area contributed by atoms with Crippen molar-refractivity contribution in [1.82, 2.24) is 10.1 Å². The second-order valence-corrected chi connectivity index (χ2v) is 8.15. The molecule has 2 heterocycles. The van der Waals surface area contributed by atoms with Crippen LogP contribution in [0.25, 0.3) is 11.4 Å². The second kappa shape index (κ2) is 10.8. The molecule has 0 saturated carbocycles. The molecule has 184 valence electrons. The van der Waals surface area contributed by atoms with Gasteiger partial charge in [-0.05, 0) is 60.5 Å². The number of methoxy groups -OCH3 is 1. The standard InChI is InChI=1S/C27H25N3O6/c1-32-21-10-8-19(9-11-21)27-29-26(36-30-27)7-3-6-25(31)28-20-5-2-4-18(14-20)16-33-22-12-13-23-24(15-22)35-17-34-23/h2,4-5,8-15H,3,6-7,16-17H2,1H3,(H,28,31). The highest BCUT2D eigenvalue weighted by molar-refractivity contribution is 5.90. The zero-order valence-corrected chi connectivity index (χ0v) is 19.7. The number of benzene rings is 3. The summed E-state index contributed by atoms with van der Waals surface area (Å²) >= 11 is 0. The number of ether oxygens (including phenoxy) is 4. The Labute approximate surface area is 208 Å². The van der Waals surface area contributed by atoms with Crippen molar-refractivity contribution in [2.45, 2.75) is 25.9 Å². The summed E-state index contributed by atoms with van der Waals surface area (Å²) in [4.78, 5) is 16.9. The average Bonchev–Trinajstić information content (AvgIpc) is 3.57. The van der Waals surface area contributed by atoms with Crippen molar-refractivity contribution in [3.8, 4) is 34.4 Å². The minimum absolute atomic E-state index is 0.0845. The van der Waals surface area contributed by atoms with E-state index >= 15 is 0 Å². The minimum Gasteiger partial charge on any atom is -0.497 e. The number of fused-ring (bicyclic) bond motifs is 1. The Morgan fingerprint density at radius 1 is 1.00 bits per heavy atom. The van der Waals surface area contributed by atoms with Gasteiger partial charge in [0.15, 0.2) is 11.5 Å². The van der Waals surface area contributed by atoms with Gasteiger partial charge < -0.3 is 28.8 Å². The lowest BCUT2D eigenvalue weighted by Gasteiger charge is -2.09. The Morgan fingerprint density at radius 2 is 1.83 bits per heavy atom. The second-order valence-electron chi connectivity index (χ2n) is 8.15. The number of hydrogen-bond acceptors (Lipinski definition) is 8. The molecule has 0 atom stereocenters. The van der Waals surface area contributed by atoms with Crippen LogP contribution in [-0.2, 0) is 17.8 Å². The highest BCUT2D eigenvalue weighted by Crippen LogP contribution is 2.35. The van der Waals surface area contributed by atoms with Crippen LogP contribution in [0.3, 0.4) is 0 Å². The fourth-order valence-electron chi connectivity index (χ4n) is 3.71. The molecule has 1 aliphatic rings. The fraction of sp³-hybridized carbons (Fsp3) is 0.222. The lowest BCUT2D eigenvalue weighted by atomic mass is 10.2. The number of carbonyl (C=O) groups is 1. The summed E-state index contributed by atoms with van der Waals surface area (Å²) in [5.74, 6) is 3.75. The third kappa shape index (κ3) is 5.75. The van der Waals surface area contributed by atoms with Crippen molar-refractivity contribution in [2.75, 3.05) is 19.2 Å². The first kappa shape index (κ1) is 23.2. The predicted octanol–water partition coefficient (Wildman–Crippen LogP) is 5.01. The fourth-order valence-corrected chi connectivity index (χ4v) is 3.71. The molecule has 36 heavy (non-hydrogen) atoms. The number of aromatic nitrogens is 2. The Bertz CT molecular complexity index is 1340. The summed E-state index contributed by atoms with van der Waals surface area (Å²) in [5, 5.41) is 6.95. The molecule has 0 unspecified atom stereocenters. The van der Waals surface area contributed by atoms with Crippen LogP contribution < -0.4 is 24.3 Å². The molecular formula is C27H25N3O6. The maximum absolute atomic E-state index is 12.4. The van der Waals surface area contributed by atoms with Crippen LogP contribution in [0.1, 0.15) is 24.3 Å². The Hall–Kier alpha value is -4.53. The molecule has 1 amide bonds. The maximum atomic E-state index is 12.4. The van der Waals surface area contributed by atoms with Gasteiger partial charge >= 0.3 is 0 Å². The molecule has 1 N–H and O–H groups in total. The number of anilines is 1. The quantitative estimate of drug-likeness (QED) is 0.333. The molecule has 9 heteroatoms. The van der Waals surface area contributed by atoms with Gasteiger partial charge in [0.25, 0.3) is 0 Å². The van der Waals surface area contributed by atoms with Crippen LogP contribution in [0.2, 0.25) is 0 Å². The van der Waals surface area contributed by atoms with Gasteiger partial charge in [-0.25, -0.2) is 0 Å². The Kier molecular flexibility index (Phi) is 6.98. The Balaban J connectivity index is 1.08. The molecule has 1 aliphatic heterocycles. The van der Waals surface area contributed by atoms with Gasteiger partial charge in [0.2, 0.25) is 24.4 Å². The molecule has 9 nitrogen and oxygen atoms in total. The van der Waals surface area contributed by atoms with Crippen LogP contribution in [0.15, 0.2) is 71.3 Å². The summed E-state index contributed by atoms with van der Waals surface area (Å²) in [5.41, 5.74) is 2.49. The molecule has 3 aromatic carbocycles. The molecule has 5 rings (SSSR count). The number of aryl methyl sites for hydroxylation is 1. The van der Waals surface area contributed by atoms with Crippen LogP contribution in [0.5, 0.6) is 23.0 Å². The van der Waals surface area contributed by atoms with E-state index in [-0.39, 0.29) is 12.7 Å². The van der Waals surface area contributed by atoms with Crippen LogP contribution in [-0.4, -0.2) is 30.0 Å². The predicted molar refractivity (Wildman–Crippen MR) is 131 cm³/mol. The normalized spacial score (nSPS) is 11.8. The van der Waals surface area contributed by atoms with Crippen LogP contribution in [0.4, 0.5) is 5.69 Å². The highest BCUT2D eigenvalue weighted by Gasteiger charge is 2.14. The number of nitrogens with zero attached hydrogens (tertiary/aromatic N) is 2. The van der Waals surface area contributed by atoms with Crippen molar-refractivity contribution in [1.29, 1.82) is 0 Å². The topological polar surface area (TPSA) is 105 Å². The van der Waals surface area contributed by atoms with Gasteiger partial charge in [-0.3, -0.25) is 4.79 Å². The third-order valence-corrected chi connectivity index (χ3v) is 5.57. The van der Waals surface area contributed by atoms with Crippen molar-refractivity contribution in [2.24, 2.45) is 0 Å². The van der Waals surface area contributed by atoms with E-state index in [2.05, 4.69) is 15.5 Å². The van der Waals surface area contributed by atoms with Gasteiger partial charge in [0.1, 0.15) is 18.1 Å². The van der Waals surface area contributed by atoms with E-state index in [9.17, 15) is 4.79 Å². The molecule has 1 aromatic heterocycles. The zero-order chi connectivity index (χ0) is 24.7. The van der Waals surface area contributed by atoms with Crippen LogP contribution >= 0.6 is 0 Å². The van der Waals surface area contributed by atoms with Crippen molar-refractivity contribution < 1.29 is 28.3 Å². The number of hydrogen-bond donors (Lipinski definition) is 1. The van der Waals surface area contributed by atoms with Crippen LogP contribution in [0, 0.1) is 0 Å². The number of carbonyl (C=O) groups excluding carboxylic acids is 1. The molecule has 0 radical (unpaired) electrons. The molecule has 0 spiro atoms. The van der Waals surface area contributed by atoms with E-state index in [4.69, 9.17) is 23.5 Å². The molecule has 0 saturated heterocycles. The summed E-state index contributed by atoms with van der Waals surface area (Å²) in [6, 6.07) is 20.5. The molecule has 0 fully saturated rings. The van der Waals surface area contributed by atoms with Gasteiger partial charge in [-0.2, -0.15) is 4.98 Å². The van der Waals surface area contributed by atoms with Gasteiger partial charge in [0.05, 0.1) is 7.11 Å². The molecular weight excluding hydrogens is 462 g/mol. The smallest absolute Gasteiger partial charge is 0.231 e. The summed E-state index contributed by atoms with van der Waals surface area (Å²) < 4.78 is 27.0. The lowest BCUT2D eigenvalue weighted by Crippen LogP contribution is -2.11. The average molecular weight is 488 g/mol. The Morgan fingerprint density at radius 3 is 2.69 bits per heavy atom. The van der Waals surface area contributed by atoms with E-state index in [1.54, 1.807) is 13.2 Å². The van der Waals surface area contributed by atoms with Crippen molar-refractivity contribution in [3.05, 3.63) is 78.2 Å². The van der Waals surface area contributed by atoms with Gasteiger partial charge in [-0.1, -0.05) is 17.3 Å².